The lowest BCUT2D eigenvalue weighted by molar-refractivity contribution is -0.139. The standard InChI is InChI=1S/C23H22N2O5S/c1-5-29-22(27)19-14(3)24-23-25(20(19)15-7-6-8-16(11-15)28-4)21(26)18(31-23)12-17-10-9-13(2)30-17/h6-12,20H,5H2,1-4H3/b18-12-/t20-/m1/s1. The van der Waals surface area contributed by atoms with Crippen molar-refractivity contribution < 1.29 is 18.7 Å². The fraction of sp³-hybridized carbons (Fsp3) is 0.261. The van der Waals surface area contributed by atoms with E-state index >= 15 is 0 Å². The van der Waals surface area contributed by atoms with E-state index in [0.29, 0.717) is 32.1 Å². The fourth-order valence-electron chi connectivity index (χ4n) is 3.58. The number of fused-ring (bicyclic) bond motifs is 1. The molecule has 160 valence electrons. The number of hydrogen-bond acceptors (Lipinski definition) is 7. The molecule has 3 heterocycles. The number of benzene rings is 1. The molecule has 0 amide bonds. The molecule has 0 bridgehead atoms. The Morgan fingerprint density at radius 3 is 2.77 bits per heavy atom. The Kier molecular flexibility index (Phi) is 5.65. The van der Waals surface area contributed by atoms with E-state index in [1.807, 2.05) is 43.3 Å². The van der Waals surface area contributed by atoms with Crippen molar-refractivity contribution in [3.05, 3.63) is 84.4 Å². The molecule has 0 unspecified atom stereocenters. The van der Waals surface area contributed by atoms with E-state index in [4.69, 9.17) is 13.9 Å². The smallest absolute Gasteiger partial charge is 0.338 e. The molecule has 0 radical (unpaired) electrons. The van der Waals surface area contributed by atoms with E-state index in [1.54, 1.807) is 31.6 Å². The zero-order valence-corrected chi connectivity index (χ0v) is 18.5. The SMILES string of the molecule is CCOC(=O)C1=C(C)N=c2s/c(=C\c3ccc(C)o3)c(=O)n2[C@@H]1c1cccc(OC)c1. The number of methoxy groups -OCH3 is 1. The van der Waals surface area contributed by atoms with Crippen LogP contribution in [0, 0.1) is 6.92 Å². The maximum absolute atomic E-state index is 13.4. The minimum absolute atomic E-state index is 0.225. The summed E-state index contributed by atoms with van der Waals surface area (Å²) in [5.41, 5.74) is 1.34. The number of hydrogen-bond donors (Lipinski definition) is 0. The summed E-state index contributed by atoms with van der Waals surface area (Å²) >= 11 is 1.26. The Labute approximate surface area is 182 Å². The van der Waals surface area contributed by atoms with Crippen LogP contribution in [0.15, 0.2) is 61.9 Å². The van der Waals surface area contributed by atoms with Crippen LogP contribution in [-0.2, 0) is 9.53 Å². The van der Waals surface area contributed by atoms with Crippen molar-refractivity contribution in [1.29, 1.82) is 0 Å². The van der Waals surface area contributed by atoms with Crippen molar-refractivity contribution in [2.45, 2.75) is 26.8 Å². The summed E-state index contributed by atoms with van der Waals surface area (Å²) < 4.78 is 18.3. The van der Waals surface area contributed by atoms with Gasteiger partial charge >= 0.3 is 5.97 Å². The van der Waals surface area contributed by atoms with Crippen molar-refractivity contribution in [3.63, 3.8) is 0 Å². The maximum atomic E-state index is 13.4. The number of carbonyl (C=O) groups excluding carboxylic acids is 1. The molecular weight excluding hydrogens is 416 g/mol. The van der Waals surface area contributed by atoms with Crippen LogP contribution in [0.3, 0.4) is 0 Å². The highest BCUT2D eigenvalue weighted by Crippen LogP contribution is 2.32. The summed E-state index contributed by atoms with van der Waals surface area (Å²) in [6.45, 7) is 5.57. The van der Waals surface area contributed by atoms with Gasteiger partial charge in [-0.25, -0.2) is 9.79 Å². The molecule has 0 fully saturated rings. The lowest BCUT2D eigenvalue weighted by Crippen LogP contribution is -2.39. The second-order valence-corrected chi connectivity index (χ2v) is 8.04. The van der Waals surface area contributed by atoms with Gasteiger partial charge in [0.1, 0.15) is 17.3 Å². The Bertz CT molecular complexity index is 1360. The van der Waals surface area contributed by atoms with Gasteiger partial charge in [-0.15, -0.1) is 0 Å². The van der Waals surface area contributed by atoms with Crippen LogP contribution in [0.4, 0.5) is 0 Å². The van der Waals surface area contributed by atoms with Gasteiger partial charge in [0.2, 0.25) is 0 Å². The van der Waals surface area contributed by atoms with Gasteiger partial charge in [0.05, 0.1) is 35.6 Å². The number of thiazole rings is 1. The van der Waals surface area contributed by atoms with Crippen LogP contribution in [0.5, 0.6) is 5.75 Å². The Morgan fingerprint density at radius 2 is 2.10 bits per heavy atom. The topological polar surface area (TPSA) is 83.0 Å². The molecule has 4 rings (SSSR count). The summed E-state index contributed by atoms with van der Waals surface area (Å²) in [6, 6.07) is 10.3. The van der Waals surface area contributed by atoms with E-state index in [9.17, 15) is 9.59 Å². The van der Waals surface area contributed by atoms with Gasteiger partial charge < -0.3 is 13.9 Å². The first kappa shape index (κ1) is 20.9. The summed E-state index contributed by atoms with van der Waals surface area (Å²) in [5.74, 6) is 1.48. The summed E-state index contributed by atoms with van der Waals surface area (Å²) in [5, 5.41) is 0. The molecule has 0 N–H and O–H groups in total. The normalized spacial score (nSPS) is 16.1. The van der Waals surface area contributed by atoms with Crippen LogP contribution in [0.2, 0.25) is 0 Å². The minimum Gasteiger partial charge on any atom is -0.497 e. The molecule has 2 aromatic heterocycles. The number of ether oxygens (including phenoxy) is 2. The predicted octanol–water partition coefficient (Wildman–Crippen LogP) is 2.71. The molecule has 0 aliphatic carbocycles. The number of aromatic nitrogens is 1. The van der Waals surface area contributed by atoms with E-state index in [1.165, 1.54) is 11.3 Å². The highest BCUT2D eigenvalue weighted by Gasteiger charge is 2.33. The lowest BCUT2D eigenvalue weighted by Gasteiger charge is -2.24. The van der Waals surface area contributed by atoms with E-state index in [0.717, 1.165) is 11.3 Å². The third kappa shape index (κ3) is 3.86. The molecule has 8 heteroatoms. The zero-order valence-electron chi connectivity index (χ0n) is 17.7. The van der Waals surface area contributed by atoms with E-state index < -0.39 is 12.0 Å². The van der Waals surface area contributed by atoms with E-state index in [2.05, 4.69) is 4.99 Å². The quantitative estimate of drug-likeness (QED) is 0.572. The van der Waals surface area contributed by atoms with Crippen molar-refractivity contribution in [1.82, 2.24) is 4.57 Å². The molecular formula is C23H22N2O5S. The second kappa shape index (κ2) is 8.39. The molecule has 1 atom stereocenters. The van der Waals surface area contributed by atoms with Crippen LogP contribution in [0.25, 0.3) is 6.08 Å². The highest BCUT2D eigenvalue weighted by molar-refractivity contribution is 7.07. The van der Waals surface area contributed by atoms with Gasteiger partial charge in [0, 0.05) is 6.08 Å². The van der Waals surface area contributed by atoms with Crippen molar-refractivity contribution in [3.8, 4) is 5.75 Å². The number of furan rings is 1. The second-order valence-electron chi connectivity index (χ2n) is 7.03. The molecule has 1 aliphatic heterocycles. The first-order chi connectivity index (χ1) is 14.9. The van der Waals surface area contributed by atoms with Gasteiger partial charge in [0.15, 0.2) is 4.80 Å². The lowest BCUT2D eigenvalue weighted by atomic mass is 9.95. The molecule has 1 aliphatic rings. The molecule has 0 spiro atoms. The fourth-order valence-corrected chi connectivity index (χ4v) is 4.61. The number of aryl methyl sites for hydroxylation is 1. The van der Waals surface area contributed by atoms with E-state index in [-0.39, 0.29) is 12.2 Å². The van der Waals surface area contributed by atoms with Crippen LogP contribution in [-0.4, -0.2) is 24.3 Å². The zero-order chi connectivity index (χ0) is 22.1. The number of carbonyl (C=O) groups is 1. The molecule has 7 nitrogen and oxygen atoms in total. The molecule has 1 aromatic carbocycles. The van der Waals surface area contributed by atoms with Gasteiger partial charge in [-0.3, -0.25) is 9.36 Å². The van der Waals surface area contributed by atoms with Gasteiger partial charge in [-0.2, -0.15) is 0 Å². The third-order valence-electron chi connectivity index (χ3n) is 4.96. The number of allylic oxidation sites excluding steroid dienone is 1. The molecule has 0 saturated carbocycles. The van der Waals surface area contributed by atoms with Gasteiger partial charge in [-0.1, -0.05) is 23.5 Å². The Morgan fingerprint density at radius 1 is 1.29 bits per heavy atom. The largest absolute Gasteiger partial charge is 0.497 e. The molecule has 0 saturated heterocycles. The van der Waals surface area contributed by atoms with Gasteiger partial charge in [0.25, 0.3) is 5.56 Å². The average Bonchev–Trinajstić information content (AvgIpc) is 3.30. The third-order valence-corrected chi connectivity index (χ3v) is 5.94. The average molecular weight is 439 g/mol. The first-order valence-corrected chi connectivity index (χ1v) is 10.6. The van der Waals surface area contributed by atoms with Crippen LogP contribution >= 0.6 is 11.3 Å². The molecule has 3 aromatic rings. The predicted molar refractivity (Wildman–Crippen MR) is 117 cm³/mol. The highest BCUT2D eigenvalue weighted by atomic mass is 32.1. The van der Waals surface area contributed by atoms with Crippen molar-refractivity contribution in [2.75, 3.05) is 13.7 Å². The minimum atomic E-state index is -0.675. The van der Waals surface area contributed by atoms with Gasteiger partial charge in [-0.05, 0) is 50.6 Å². The Hall–Kier alpha value is -3.39. The van der Waals surface area contributed by atoms with Crippen molar-refractivity contribution >= 4 is 23.4 Å². The number of nitrogens with zero attached hydrogens (tertiary/aromatic N) is 2. The van der Waals surface area contributed by atoms with Crippen LogP contribution in [0.1, 0.15) is 37.0 Å². The maximum Gasteiger partial charge on any atom is 0.338 e. The monoisotopic (exact) mass is 438 g/mol. The first-order valence-electron chi connectivity index (χ1n) is 9.83. The summed E-state index contributed by atoms with van der Waals surface area (Å²) in [7, 11) is 1.57. The summed E-state index contributed by atoms with van der Waals surface area (Å²) in [6.07, 6.45) is 1.70. The summed E-state index contributed by atoms with van der Waals surface area (Å²) in [4.78, 5) is 31.4. The number of esters is 1. The molecule has 31 heavy (non-hydrogen) atoms. The van der Waals surface area contributed by atoms with Crippen LogP contribution < -0.4 is 19.6 Å². The Balaban J connectivity index is 1.97. The number of rotatable bonds is 5. The van der Waals surface area contributed by atoms with Crippen molar-refractivity contribution in [2.24, 2.45) is 4.99 Å².